The molecule has 2 atom stereocenters. The fraction of sp³-hybridized carbons (Fsp3) is 0.500. The molecule has 0 spiro atoms. The number of carbonyl (C=O) groups excluding carboxylic acids is 1. The number of rotatable bonds is 5. The Labute approximate surface area is 103 Å². The van der Waals surface area contributed by atoms with Crippen LogP contribution < -0.4 is 5.32 Å². The zero-order chi connectivity index (χ0) is 12.8. The van der Waals surface area contributed by atoms with E-state index in [0.29, 0.717) is 0 Å². The van der Waals surface area contributed by atoms with Gasteiger partial charge in [0.25, 0.3) is 0 Å². The van der Waals surface area contributed by atoms with Crippen molar-refractivity contribution in [3.63, 3.8) is 0 Å². The van der Waals surface area contributed by atoms with Crippen LogP contribution in [0.2, 0.25) is 0 Å². The molecule has 3 heteroatoms. The zero-order valence-electron chi connectivity index (χ0n) is 11.0. The Morgan fingerprint density at radius 2 is 1.94 bits per heavy atom. The predicted molar refractivity (Wildman–Crippen MR) is 68.8 cm³/mol. The van der Waals surface area contributed by atoms with Gasteiger partial charge in [0.05, 0.1) is 7.11 Å². The van der Waals surface area contributed by atoms with E-state index in [1.54, 1.807) is 0 Å². The number of hydrogen-bond acceptors (Lipinski definition) is 3. The van der Waals surface area contributed by atoms with Gasteiger partial charge >= 0.3 is 5.97 Å². The van der Waals surface area contributed by atoms with Crippen LogP contribution in [0.4, 0.5) is 0 Å². The molecular formula is C14H21NO2. The molecule has 0 aromatic heterocycles. The van der Waals surface area contributed by atoms with Crippen LogP contribution in [0, 0.1) is 6.92 Å². The van der Waals surface area contributed by atoms with Crippen LogP contribution in [-0.2, 0) is 9.53 Å². The standard InChI is InChI=1S/C14H21NO2/c1-5-13(14(16)17-4)15-11(3)12-8-6-10(2)7-9-12/h6-9,11,13,15H,5H2,1-4H3. The Morgan fingerprint density at radius 1 is 1.35 bits per heavy atom. The number of aryl methyl sites for hydroxylation is 1. The van der Waals surface area contributed by atoms with E-state index in [4.69, 9.17) is 4.74 Å². The Hall–Kier alpha value is -1.35. The van der Waals surface area contributed by atoms with Crippen LogP contribution in [0.1, 0.15) is 37.4 Å². The number of benzene rings is 1. The van der Waals surface area contributed by atoms with Crippen molar-refractivity contribution in [3.8, 4) is 0 Å². The van der Waals surface area contributed by atoms with Crippen molar-refractivity contribution in [1.82, 2.24) is 5.32 Å². The molecule has 1 aromatic carbocycles. The first-order valence-electron chi connectivity index (χ1n) is 5.99. The minimum atomic E-state index is -0.240. The van der Waals surface area contributed by atoms with Gasteiger partial charge in [-0.05, 0) is 25.8 Å². The molecule has 1 rings (SSSR count). The van der Waals surface area contributed by atoms with E-state index < -0.39 is 0 Å². The lowest BCUT2D eigenvalue weighted by atomic mass is 10.1. The number of esters is 1. The molecular weight excluding hydrogens is 214 g/mol. The van der Waals surface area contributed by atoms with Gasteiger partial charge in [-0.25, -0.2) is 0 Å². The Bertz CT molecular complexity index is 359. The second-order valence-electron chi connectivity index (χ2n) is 4.28. The van der Waals surface area contributed by atoms with Gasteiger partial charge in [0.2, 0.25) is 0 Å². The maximum atomic E-state index is 11.5. The van der Waals surface area contributed by atoms with E-state index in [1.165, 1.54) is 18.2 Å². The molecule has 0 bridgehead atoms. The molecule has 3 nitrogen and oxygen atoms in total. The van der Waals surface area contributed by atoms with E-state index in [9.17, 15) is 4.79 Å². The van der Waals surface area contributed by atoms with Crippen molar-refractivity contribution in [1.29, 1.82) is 0 Å². The minimum Gasteiger partial charge on any atom is -0.468 e. The minimum absolute atomic E-state index is 0.139. The van der Waals surface area contributed by atoms with Crippen LogP contribution in [0.25, 0.3) is 0 Å². The average molecular weight is 235 g/mol. The van der Waals surface area contributed by atoms with Gasteiger partial charge in [0.1, 0.15) is 6.04 Å². The summed E-state index contributed by atoms with van der Waals surface area (Å²) in [4.78, 5) is 11.5. The van der Waals surface area contributed by atoms with Crippen LogP contribution in [0.15, 0.2) is 24.3 Å². The maximum Gasteiger partial charge on any atom is 0.322 e. The summed E-state index contributed by atoms with van der Waals surface area (Å²) in [5.41, 5.74) is 2.42. The lowest BCUT2D eigenvalue weighted by molar-refractivity contribution is -0.143. The van der Waals surface area contributed by atoms with Gasteiger partial charge in [-0.15, -0.1) is 0 Å². The topological polar surface area (TPSA) is 38.3 Å². The first-order valence-corrected chi connectivity index (χ1v) is 5.99. The monoisotopic (exact) mass is 235 g/mol. The average Bonchev–Trinajstić information content (AvgIpc) is 2.35. The van der Waals surface area contributed by atoms with Crippen molar-refractivity contribution in [2.45, 2.75) is 39.3 Å². The smallest absolute Gasteiger partial charge is 0.322 e. The van der Waals surface area contributed by atoms with E-state index in [-0.39, 0.29) is 18.1 Å². The predicted octanol–water partition coefficient (Wildman–Crippen LogP) is 2.60. The molecule has 0 heterocycles. The summed E-state index contributed by atoms with van der Waals surface area (Å²) in [6.07, 6.45) is 0.725. The third-order valence-corrected chi connectivity index (χ3v) is 2.92. The fourth-order valence-electron chi connectivity index (χ4n) is 1.75. The van der Waals surface area contributed by atoms with Crippen molar-refractivity contribution in [2.75, 3.05) is 7.11 Å². The zero-order valence-corrected chi connectivity index (χ0v) is 11.0. The third-order valence-electron chi connectivity index (χ3n) is 2.92. The second-order valence-corrected chi connectivity index (χ2v) is 4.28. The van der Waals surface area contributed by atoms with Crippen LogP contribution in [0.5, 0.6) is 0 Å². The molecule has 94 valence electrons. The van der Waals surface area contributed by atoms with E-state index in [2.05, 4.69) is 43.4 Å². The summed E-state index contributed by atoms with van der Waals surface area (Å²) < 4.78 is 4.76. The number of hydrogen-bond donors (Lipinski definition) is 1. The van der Waals surface area contributed by atoms with Crippen LogP contribution in [-0.4, -0.2) is 19.1 Å². The number of carbonyl (C=O) groups is 1. The Morgan fingerprint density at radius 3 is 2.41 bits per heavy atom. The van der Waals surface area contributed by atoms with Gasteiger partial charge in [0, 0.05) is 6.04 Å². The van der Waals surface area contributed by atoms with Crippen LogP contribution >= 0.6 is 0 Å². The third kappa shape index (κ3) is 3.86. The van der Waals surface area contributed by atoms with Crippen molar-refractivity contribution in [3.05, 3.63) is 35.4 Å². The summed E-state index contributed by atoms with van der Waals surface area (Å²) in [7, 11) is 1.42. The van der Waals surface area contributed by atoms with Gasteiger partial charge < -0.3 is 4.74 Å². The summed E-state index contributed by atoms with van der Waals surface area (Å²) in [5.74, 6) is -0.202. The largest absolute Gasteiger partial charge is 0.468 e. The van der Waals surface area contributed by atoms with Gasteiger partial charge in [-0.1, -0.05) is 36.8 Å². The number of nitrogens with one attached hydrogen (secondary N) is 1. The molecule has 0 amide bonds. The van der Waals surface area contributed by atoms with Crippen molar-refractivity contribution < 1.29 is 9.53 Å². The molecule has 0 saturated heterocycles. The van der Waals surface area contributed by atoms with Crippen molar-refractivity contribution in [2.24, 2.45) is 0 Å². The van der Waals surface area contributed by atoms with E-state index in [0.717, 1.165) is 6.42 Å². The molecule has 0 fully saturated rings. The highest BCUT2D eigenvalue weighted by molar-refractivity contribution is 5.75. The van der Waals surface area contributed by atoms with Gasteiger partial charge in [-0.2, -0.15) is 0 Å². The molecule has 0 radical (unpaired) electrons. The summed E-state index contributed by atoms with van der Waals surface area (Å²) in [6, 6.07) is 8.21. The first-order chi connectivity index (χ1) is 8.08. The Kier molecular flexibility index (Phi) is 5.16. The molecule has 1 N–H and O–H groups in total. The van der Waals surface area contributed by atoms with E-state index >= 15 is 0 Å². The molecule has 0 aliphatic rings. The quantitative estimate of drug-likeness (QED) is 0.797. The maximum absolute atomic E-state index is 11.5. The normalized spacial score (nSPS) is 14.1. The van der Waals surface area contributed by atoms with Gasteiger partial charge in [-0.3, -0.25) is 10.1 Å². The summed E-state index contributed by atoms with van der Waals surface area (Å²) >= 11 is 0. The van der Waals surface area contributed by atoms with Crippen molar-refractivity contribution >= 4 is 5.97 Å². The fourth-order valence-corrected chi connectivity index (χ4v) is 1.75. The molecule has 1 aromatic rings. The highest BCUT2D eigenvalue weighted by atomic mass is 16.5. The van der Waals surface area contributed by atoms with Gasteiger partial charge in [0.15, 0.2) is 0 Å². The molecule has 2 unspecified atom stereocenters. The first kappa shape index (κ1) is 13.7. The Balaban J connectivity index is 2.67. The molecule has 0 aliphatic heterocycles. The highest BCUT2D eigenvalue weighted by Gasteiger charge is 2.19. The lowest BCUT2D eigenvalue weighted by Crippen LogP contribution is -2.38. The lowest BCUT2D eigenvalue weighted by Gasteiger charge is -2.20. The number of ether oxygens (including phenoxy) is 1. The molecule has 0 saturated carbocycles. The highest BCUT2D eigenvalue weighted by Crippen LogP contribution is 2.14. The van der Waals surface area contributed by atoms with E-state index in [1.807, 2.05) is 6.92 Å². The second kappa shape index (κ2) is 6.40. The number of methoxy groups -OCH3 is 1. The molecule has 0 aliphatic carbocycles. The summed E-state index contributed by atoms with van der Waals surface area (Å²) in [6.45, 7) is 6.08. The van der Waals surface area contributed by atoms with Crippen LogP contribution in [0.3, 0.4) is 0 Å². The molecule has 17 heavy (non-hydrogen) atoms. The summed E-state index contributed by atoms with van der Waals surface area (Å²) in [5, 5.41) is 3.28. The SMILES string of the molecule is CCC(NC(C)c1ccc(C)cc1)C(=O)OC.